The summed E-state index contributed by atoms with van der Waals surface area (Å²) in [6, 6.07) is 6.00. The first-order valence-electron chi connectivity index (χ1n) is 6.57. The summed E-state index contributed by atoms with van der Waals surface area (Å²) in [5.74, 6) is 0.0607. The SMILES string of the molecule is CC(C)(C)Nc1nc(-c2ccc3c(c2)CC(=O)N3)cs1. The molecule has 1 amide bonds. The van der Waals surface area contributed by atoms with E-state index in [4.69, 9.17) is 0 Å². The van der Waals surface area contributed by atoms with E-state index in [0.29, 0.717) is 6.42 Å². The lowest BCUT2D eigenvalue weighted by molar-refractivity contribution is -0.115. The second-order valence-electron chi connectivity index (χ2n) is 6.01. The maximum Gasteiger partial charge on any atom is 0.228 e. The van der Waals surface area contributed by atoms with Crippen LogP contribution < -0.4 is 10.6 Å². The van der Waals surface area contributed by atoms with Crippen molar-refractivity contribution in [2.24, 2.45) is 0 Å². The number of rotatable bonds is 2. The van der Waals surface area contributed by atoms with Gasteiger partial charge in [-0.1, -0.05) is 6.07 Å². The highest BCUT2D eigenvalue weighted by atomic mass is 32.1. The Balaban J connectivity index is 1.87. The van der Waals surface area contributed by atoms with Crippen molar-refractivity contribution < 1.29 is 4.79 Å². The summed E-state index contributed by atoms with van der Waals surface area (Å²) < 4.78 is 0. The average molecular weight is 287 g/mol. The van der Waals surface area contributed by atoms with E-state index < -0.39 is 0 Å². The highest BCUT2D eigenvalue weighted by Gasteiger charge is 2.18. The van der Waals surface area contributed by atoms with Gasteiger partial charge in [0.1, 0.15) is 0 Å². The fourth-order valence-electron chi connectivity index (χ4n) is 2.17. The molecule has 2 heterocycles. The summed E-state index contributed by atoms with van der Waals surface area (Å²) in [6.45, 7) is 6.34. The number of carbonyl (C=O) groups is 1. The van der Waals surface area contributed by atoms with Gasteiger partial charge >= 0.3 is 0 Å². The molecule has 4 nitrogen and oxygen atoms in total. The van der Waals surface area contributed by atoms with Gasteiger partial charge in [-0.05, 0) is 38.5 Å². The Bertz CT molecular complexity index is 670. The highest BCUT2D eigenvalue weighted by Crippen LogP contribution is 2.31. The van der Waals surface area contributed by atoms with Crippen LogP contribution in [-0.2, 0) is 11.2 Å². The molecule has 0 fully saturated rings. The first-order chi connectivity index (χ1) is 9.40. The normalized spacial score (nSPS) is 14.1. The van der Waals surface area contributed by atoms with Crippen LogP contribution in [0.3, 0.4) is 0 Å². The van der Waals surface area contributed by atoms with Crippen molar-refractivity contribution in [3.8, 4) is 11.3 Å². The van der Waals surface area contributed by atoms with Crippen LogP contribution in [0.25, 0.3) is 11.3 Å². The van der Waals surface area contributed by atoms with Gasteiger partial charge in [0, 0.05) is 22.2 Å². The molecule has 2 N–H and O–H groups in total. The van der Waals surface area contributed by atoms with E-state index in [1.54, 1.807) is 11.3 Å². The maximum absolute atomic E-state index is 11.4. The maximum atomic E-state index is 11.4. The molecule has 104 valence electrons. The molecule has 0 atom stereocenters. The minimum atomic E-state index is 0.00337. The van der Waals surface area contributed by atoms with Crippen LogP contribution in [0.15, 0.2) is 23.6 Å². The third-order valence-corrected chi connectivity index (χ3v) is 3.77. The van der Waals surface area contributed by atoms with E-state index in [1.165, 1.54) is 0 Å². The summed E-state index contributed by atoms with van der Waals surface area (Å²) in [6.07, 6.45) is 0.459. The Kier molecular flexibility index (Phi) is 3.01. The number of nitrogens with zero attached hydrogens (tertiary/aromatic N) is 1. The summed E-state index contributed by atoms with van der Waals surface area (Å²) >= 11 is 1.60. The van der Waals surface area contributed by atoms with E-state index in [0.717, 1.165) is 27.6 Å². The van der Waals surface area contributed by atoms with Crippen molar-refractivity contribution in [3.63, 3.8) is 0 Å². The van der Waals surface area contributed by atoms with Crippen LogP contribution in [0.1, 0.15) is 26.3 Å². The zero-order chi connectivity index (χ0) is 14.3. The molecule has 20 heavy (non-hydrogen) atoms. The Morgan fingerprint density at radius 2 is 2.15 bits per heavy atom. The lowest BCUT2D eigenvalue weighted by atomic mass is 10.1. The Morgan fingerprint density at radius 1 is 1.35 bits per heavy atom. The molecule has 0 saturated heterocycles. The second-order valence-corrected chi connectivity index (χ2v) is 6.87. The predicted octanol–water partition coefficient (Wildman–Crippen LogP) is 3.52. The summed E-state index contributed by atoms with van der Waals surface area (Å²) in [7, 11) is 0. The van der Waals surface area contributed by atoms with Gasteiger partial charge in [-0.3, -0.25) is 4.79 Å². The zero-order valence-electron chi connectivity index (χ0n) is 11.8. The molecule has 0 spiro atoms. The molecule has 3 rings (SSSR count). The molecule has 1 aromatic carbocycles. The fraction of sp³-hybridized carbons (Fsp3) is 0.333. The smallest absolute Gasteiger partial charge is 0.228 e. The second kappa shape index (κ2) is 4.59. The Labute approximate surface area is 122 Å². The van der Waals surface area contributed by atoms with Gasteiger partial charge in [0.15, 0.2) is 5.13 Å². The van der Waals surface area contributed by atoms with E-state index in [1.807, 2.05) is 23.6 Å². The minimum Gasteiger partial charge on any atom is -0.357 e. The van der Waals surface area contributed by atoms with Crippen LogP contribution in [0, 0.1) is 0 Å². The number of benzene rings is 1. The van der Waals surface area contributed by atoms with E-state index in [-0.39, 0.29) is 11.4 Å². The third kappa shape index (κ3) is 2.67. The van der Waals surface area contributed by atoms with E-state index in [9.17, 15) is 4.79 Å². The molecular weight excluding hydrogens is 270 g/mol. The Hall–Kier alpha value is -1.88. The van der Waals surface area contributed by atoms with Crippen molar-refractivity contribution in [1.82, 2.24) is 4.98 Å². The lowest BCUT2D eigenvalue weighted by Gasteiger charge is -2.19. The van der Waals surface area contributed by atoms with Crippen LogP contribution in [0.4, 0.5) is 10.8 Å². The number of nitrogens with one attached hydrogen (secondary N) is 2. The average Bonchev–Trinajstić information content (AvgIpc) is 2.91. The van der Waals surface area contributed by atoms with Crippen LogP contribution in [0.2, 0.25) is 0 Å². The topological polar surface area (TPSA) is 54.0 Å². The monoisotopic (exact) mass is 287 g/mol. The van der Waals surface area contributed by atoms with Crippen molar-refractivity contribution in [2.75, 3.05) is 10.6 Å². The molecule has 0 aliphatic carbocycles. The van der Waals surface area contributed by atoms with Gasteiger partial charge < -0.3 is 10.6 Å². The quantitative estimate of drug-likeness (QED) is 0.888. The summed E-state index contributed by atoms with van der Waals surface area (Å²) in [5.41, 5.74) is 3.97. The number of thiazole rings is 1. The molecule has 0 bridgehead atoms. The molecule has 1 aromatic heterocycles. The van der Waals surface area contributed by atoms with Gasteiger partial charge in [-0.15, -0.1) is 11.3 Å². The molecular formula is C15H17N3OS. The number of fused-ring (bicyclic) bond motifs is 1. The Morgan fingerprint density at radius 3 is 2.90 bits per heavy atom. The highest BCUT2D eigenvalue weighted by molar-refractivity contribution is 7.14. The molecule has 0 unspecified atom stereocenters. The molecule has 0 radical (unpaired) electrons. The number of aromatic nitrogens is 1. The summed E-state index contributed by atoms with van der Waals surface area (Å²) in [5, 5.41) is 9.18. The number of hydrogen-bond donors (Lipinski definition) is 2. The van der Waals surface area contributed by atoms with Crippen molar-refractivity contribution >= 4 is 28.1 Å². The fourth-order valence-corrected chi connectivity index (χ4v) is 3.10. The number of carbonyl (C=O) groups excluding carboxylic acids is 1. The number of anilines is 2. The standard InChI is InChI=1S/C15H17N3OS/c1-15(2,3)18-14-17-12(8-20-14)9-4-5-11-10(6-9)7-13(19)16-11/h4-6,8H,7H2,1-3H3,(H,16,19)(H,17,18). The lowest BCUT2D eigenvalue weighted by Crippen LogP contribution is -2.25. The van der Waals surface area contributed by atoms with Gasteiger partial charge in [-0.25, -0.2) is 4.98 Å². The first-order valence-corrected chi connectivity index (χ1v) is 7.45. The van der Waals surface area contributed by atoms with Crippen molar-refractivity contribution in [2.45, 2.75) is 32.7 Å². The third-order valence-electron chi connectivity index (χ3n) is 3.01. The van der Waals surface area contributed by atoms with Crippen LogP contribution in [-0.4, -0.2) is 16.4 Å². The van der Waals surface area contributed by atoms with E-state index >= 15 is 0 Å². The summed E-state index contributed by atoms with van der Waals surface area (Å²) in [4.78, 5) is 16.0. The number of amides is 1. The van der Waals surface area contributed by atoms with Gasteiger partial charge in [0.2, 0.25) is 5.91 Å². The first kappa shape index (κ1) is 13.1. The van der Waals surface area contributed by atoms with Crippen molar-refractivity contribution in [1.29, 1.82) is 0 Å². The molecule has 1 aliphatic heterocycles. The van der Waals surface area contributed by atoms with Crippen molar-refractivity contribution in [3.05, 3.63) is 29.1 Å². The van der Waals surface area contributed by atoms with E-state index in [2.05, 4.69) is 36.4 Å². The largest absolute Gasteiger partial charge is 0.357 e. The molecule has 1 aliphatic rings. The molecule has 2 aromatic rings. The molecule has 0 saturated carbocycles. The predicted molar refractivity (Wildman–Crippen MR) is 83.3 cm³/mol. The van der Waals surface area contributed by atoms with Crippen LogP contribution >= 0.6 is 11.3 Å². The van der Waals surface area contributed by atoms with Gasteiger partial charge in [0.25, 0.3) is 0 Å². The van der Waals surface area contributed by atoms with Gasteiger partial charge in [-0.2, -0.15) is 0 Å². The van der Waals surface area contributed by atoms with Gasteiger partial charge in [0.05, 0.1) is 12.1 Å². The molecule has 5 heteroatoms. The minimum absolute atomic E-state index is 0.00337. The van der Waals surface area contributed by atoms with Crippen LogP contribution in [0.5, 0.6) is 0 Å². The zero-order valence-corrected chi connectivity index (χ0v) is 12.6. The number of hydrogen-bond acceptors (Lipinski definition) is 4.